The molecule has 1 aromatic heterocycles. The number of nitrogens with zero attached hydrogens (tertiary/aromatic N) is 1. The highest BCUT2D eigenvalue weighted by Crippen LogP contribution is 2.13. The van der Waals surface area contributed by atoms with Crippen molar-refractivity contribution in [2.45, 2.75) is 32.9 Å². The van der Waals surface area contributed by atoms with E-state index in [1.54, 1.807) is 57.4 Å². The SMILES string of the molecule is CC(C)(C)OC(=O)Nc1ccc(C(=O)NCc2cccnc2)cc1. The van der Waals surface area contributed by atoms with Crippen LogP contribution in [0.15, 0.2) is 48.8 Å². The molecule has 6 nitrogen and oxygen atoms in total. The minimum Gasteiger partial charge on any atom is -0.444 e. The van der Waals surface area contributed by atoms with Crippen LogP contribution in [0.5, 0.6) is 0 Å². The molecule has 0 unspecified atom stereocenters. The van der Waals surface area contributed by atoms with Crippen molar-refractivity contribution in [3.05, 3.63) is 59.9 Å². The van der Waals surface area contributed by atoms with Crippen LogP contribution in [0.4, 0.5) is 10.5 Å². The molecule has 2 aromatic rings. The molecule has 126 valence electrons. The number of rotatable bonds is 4. The lowest BCUT2D eigenvalue weighted by Gasteiger charge is -2.19. The molecule has 0 fully saturated rings. The first kappa shape index (κ1) is 17.5. The van der Waals surface area contributed by atoms with Crippen LogP contribution < -0.4 is 10.6 Å². The lowest BCUT2D eigenvalue weighted by Crippen LogP contribution is -2.27. The first-order valence-corrected chi connectivity index (χ1v) is 7.61. The molecule has 6 heteroatoms. The van der Waals surface area contributed by atoms with Crippen LogP contribution in [0, 0.1) is 0 Å². The molecule has 0 aliphatic heterocycles. The zero-order valence-corrected chi connectivity index (χ0v) is 14.0. The quantitative estimate of drug-likeness (QED) is 0.902. The number of carbonyl (C=O) groups excluding carboxylic acids is 2. The molecule has 1 aromatic carbocycles. The van der Waals surface area contributed by atoms with Crippen LogP contribution >= 0.6 is 0 Å². The fourth-order valence-electron chi connectivity index (χ4n) is 1.91. The van der Waals surface area contributed by atoms with Gasteiger partial charge in [0.2, 0.25) is 0 Å². The zero-order valence-electron chi connectivity index (χ0n) is 14.0. The van der Waals surface area contributed by atoms with Gasteiger partial charge in [-0.25, -0.2) is 4.79 Å². The first-order valence-electron chi connectivity index (χ1n) is 7.61. The summed E-state index contributed by atoms with van der Waals surface area (Å²) in [5.74, 6) is -0.192. The summed E-state index contributed by atoms with van der Waals surface area (Å²) < 4.78 is 5.17. The number of aromatic nitrogens is 1. The third kappa shape index (κ3) is 5.72. The second kappa shape index (κ2) is 7.59. The van der Waals surface area contributed by atoms with E-state index in [9.17, 15) is 9.59 Å². The van der Waals surface area contributed by atoms with E-state index in [2.05, 4.69) is 15.6 Å². The Hall–Kier alpha value is -2.89. The number of anilines is 1. The lowest BCUT2D eigenvalue weighted by atomic mass is 10.2. The Labute approximate surface area is 141 Å². The van der Waals surface area contributed by atoms with Crippen molar-refractivity contribution in [1.82, 2.24) is 10.3 Å². The molecule has 1 heterocycles. The van der Waals surface area contributed by atoms with Crippen molar-refractivity contribution in [2.75, 3.05) is 5.32 Å². The summed E-state index contributed by atoms with van der Waals surface area (Å²) in [6.07, 6.45) is 2.85. The molecular weight excluding hydrogens is 306 g/mol. The third-order valence-corrected chi connectivity index (χ3v) is 2.97. The van der Waals surface area contributed by atoms with E-state index < -0.39 is 11.7 Å². The predicted octanol–water partition coefficient (Wildman–Crippen LogP) is 3.36. The second-order valence-corrected chi connectivity index (χ2v) is 6.25. The molecule has 0 aliphatic rings. The molecule has 2 rings (SSSR count). The van der Waals surface area contributed by atoms with Crippen LogP contribution in [-0.2, 0) is 11.3 Å². The van der Waals surface area contributed by atoms with Gasteiger partial charge in [0.1, 0.15) is 5.60 Å². The number of ether oxygens (including phenoxy) is 1. The number of amides is 2. The van der Waals surface area contributed by atoms with Crippen LogP contribution in [-0.4, -0.2) is 22.6 Å². The fourth-order valence-corrected chi connectivity index (χ4v) is 1.91. The Bertz CT molecular complexity index is 692. The van der Waals surface area contributed by atoms with E-state index in [1.807, 2.05) is 12.1 Å². The van der Waals surface area contributed by atoms with E-state index in [-0.39, 0.29) is 5.91 Å². The third-order valence-electron chi connectivity index (χ3n) is 2.97. The summed E-state index contributed by atoms with van der Waals surface area (Å²) >= 11 is 0. The summed E-state index contributed by atoms with van der Waals surface area (Å²) in [5, 5.41) is 5.44. The Balaban J connectivity index is 1.89. The predicted molar refractivity (Wildman–Crippen MR) is 91.7 cm³/mol. The van der Waals surface area contributed by atoms with Gasteiger partial charge in [-0.15, -0.1) is 0 Å². The maximum atomic E-state index is 12.1. The van der Waals surface area contributed by atoms with E-state index in [0.29, 0.717) is 17.8 Å². The van der Waals surface area contributed by atoms with Crippen molar-refractivity contribution < 1.29 is 14.3 Å². The van der Waals surface area contributed by atoms with Crippen molar-refractivity contribution in [1.29, 1.82) is 0 Å². The van der Waals surface area contributed by atoms with E-state index in [4.69, 9.17) is 4.74 Å². The van der Waals surface area contributed by atoms with Crippen LogP contribution in [0.25, 0.3) is 0 Å². The maximum absolute atomic E-state index is 12.1. The average Bonchev–Trinajstić information content (AvgIpc) is 2.52. The number of pyridine rings is 1. The van der Waals surface area contributed by atoms with Gasteiger partial charge in [-0.05, 0) is 56.7 Å². The summed E-state index contributed by atoms with van der Waals surface area (Å²) in [7, 11) is 0. The Morgan fingerprint density at radius 2 is 1.83 bits per heavy atom. The van der Waals surface area contributed by atoms with Gasteiger partial charge in [0.25, 0.3) is 5.91 Å². The minimum atomic E-state index is -0.559. The number of carbonyl (C=O) groups is 2. The Morgan fingerprint density at radius 3 is 2.42 bits per heavy atom. The number of hydrogen-bond donors (Lipinski definition) is 2. The van der Waals surface area contributed by atoms with Gasteiger partial charge >= 0.3 is 6.09 Å². The number of nitrogens with one attached hydrogen (secondary N) is 2. The molecule has 0 aliphatic carbocycles. The van der Waals surface area contributed by atoms with Crippen molar-refractivity contribution in [2.24, 2.45) is 0 Å². The van der Waals surface area contributed by atoms with Crippen LogP contribution in [0.1, 0.15) is 36.7 Å². The molecule has 24 heavy (non-hydrogen) atoms. The van der Waals surface area contributed by atoms with Crippen molar-refractivity contribution in [3.63, 3.8) is 0 Å². The standard InChI is InChI=1S/C18H21N3O3/c1-18(2,3)24-17(23)21-15-8-6-14(7-9-15)16(22)20-12-13-5-4-10-19-11-13/h4-11H,12H2,1-3H3,(H,20,22)(H,21,23). The molecule has 0 spiro atoms. The highest BCUT2D eigenvalue weighted by molar-refractivity contribution is 5.95. The molecular formula is C18H21N3O3. The van der Waals surface area contributed by atoms with Gasteiger partial charge in [-0.2, -0.15) is 0 Å². The maximum Gasteiger partial charge on any atom is 0.412 e. The normalized spacial score (nSPS) is 10.8. The number of hydrogen-bond acceptors (Lipinski definition) is 4. The number of benzene rings is 1. The van der Waals surface area contributed by atoms with Gasteiger partial charge in [0.15, 0.2) is 0 Å². The minimum absolute atomic E-state index is 0.192. The monoisotopic (exact) mass is 327 g/mol. The molecule has 2 N–H and O–H groups in total. The van der Waals surface area contributed by atoms with Crippen LogP contribution in [0.2, 0.25) is 0 Å². The van der Waals surface area contributed by atoms with Gasteiger partial charge in [0.05, 0.1) is 0 Å². The highest BCUT2D eigenvalue weighted by atomic mass is 16.6. The zero-order chi connectivity index (χ0) is 17.6. The van der Waals surface area contributed by atoms with Gasteiger partial charge < -0.3 is 10.1 Å². The van der Waals surface area contributed by atoms with Gasteiger partial charge in [-0.3, -0.25) is 15.1 Å². The van der Waals surface area contributed by atoms with Crippen molar-refractivity contribution in [3.8, 4) is 0 Å². The molecule has 0 radical (unpaired) electrons. The molecule has 0 atom stereocenters. The van der Waals surface area contributed by atoms with Crippen molar-refractivity contribution >= 4 is 17.7 Å². The highest BCUT2D eigenvalue weighted by Gasteiger charge is 2.16. The van der Waals surface area contributed by atoms with Gasteiger partial charge in [0, 0.05) is 30.2 Å². The van der Waals surface area contributed by atoms with E-state index >= 15 is 0 Å². The lowest BCUT2D eigenvalue weighted by molar-refractivity contribution is 0.0635. The second-order valence-electron chi connectivity index (χ2n) is 6.25. The summed E-state index contributed by atoms with van der Waals surface area (Å²) in [5.41, 5.74) is 1.44. The Morgan fingerprint density at radius 1 is 1.12 bits per heavy atom. The van der Waals surface area contributed by atoms with Gasteiger partial charge in [-0.1, -0.05) is 6.07 Å². The summed E-state index contributed by atoms with van der Waals surface area (Å²) in [4.78, 5) is 27.8. The molecule has 2 amide bonds. The molecule has 0 bridgehead atoms. The topological polar surface area (TPSA) is 80.3 Å². The van der Waals surface area contributed by atoms with Crippen LogP contribution in [0.3, 0.4) is 0 Å². The average molecular weight is 327 g/mol. The first-order chi connectivity index (χ1) is 11.3. The molecule has 0 saturated heterocycles. The Kier molecular flexibility index (Phi) is 5.52. The van der Waals surface area contributed by atoms with E-state index in [1.165, 1.54) is 0 Å². The molecule has 0 saturated carbocycles. The summed E-state index contributed by atoms with van der Waals surface area (Å²) in [6, 6.07) is 10.3. The van der Waals surface area contributed by atoms with E-state index in [0.717, 1.165) is 5.56 Å². The largest absolute Gasteiger partial charge is 0.444 e. The fraction of sp³-hybridized carbons (Fsp3) is 0.278. The summed E-state index contributed by atoms with van der Waals surface area (Å²) in [6.45, 7) is 5.79. The smallest absolute Gasteiger partial charge is 0.412 e.